The molecule has 3 N–H and O–H groups in total. The summed E-state index contributed by atoms with van der Waals surface area (Å²) in [7, 11) is 4.75. The van der Waals surface area contributed by atoms with Gasteiger partial charge in [-0.2, -0.15) is 0 Å². The lowest BCUT2D eigenvalue weighted by Crippen LogP contribution is -2.36. The highest BCUT2D eigenvalue weighted by molar-refractivity contribution is 5.94. The highest BCUT2D eigenvalue weighted by Gasteiger charge is 2.15. The summed E-state index contributed by atoms with van der Waals surface area (Å²) < 4.78 is 10.6. The average Bonchev–Trinajstić information content (AvgIpc) is 2.71. The van der Waals surface area contributed by atoms with Gasteiger partial charge in [-0.15, -0.1) is 0 Å². The molecule has 144 valence electrons. The number of hydrogen-bond acceptors (Lipinski definition) is 4. The molecular weight excluding hydrogens is 346 g/mol. The van der Waals surface area contributed by atoms with E-state index in [4.69, 9.17) is 9.47 Å². The molecule has 0 spiro atoms. The second kappa shape index (κ2) is 9.47. The van der Waals surface area contributed by atoms with Gasteiger partial charge in [0.15, 0.2) is 0 Å². The van der Waals surface area contributed by atoms with E-state index >= 15 is 0 Å². The standard InChI is InChI=1S/C20H25N3O4/c1-13(17-11-16(26-3)8-9-18(17)27-4)23-20(25)22-12-14-6-5-7-15(10-14)19(24)21-2/h5-11,13H,12H2,1-4H3,(H,21,24)(H2,22,23,25). The Labute approximate surface area is 159 Å². The van der Waals surface area contributed by atoms with Crippen molar-refractivity contribution in [1.29, 1.82) is 0 Å². The maximum Gasteiger partial charge on any atom is 0.315 e. The van der Waals surface area contributed by atoms with Crippen LogP contribution < -0.4 is 25.4 Å². The lowest BCUT2D eigenvalue weighted by molar-refractivity contribution is 0.0963. The van der Waals surface area contributed by atoms with Crippen LogP contribution in [0.1, 0.15) is 34.5 Å². The molecule has 0 aliphatic heterocycles. The fourth-order valence-electron chi connectivity index (χ4n) is 2.65. The first-order valence-corrected chi connectivity index (χ1v) is 8.55. The van der Waals surface area contributed by atoms with Gasteiger partial charge in [0.1, 0.15) is 11.5 Å². The number of rotatable bonds is 7. The van der Waals surface area contributed by atoms with Gasteiger partial charge in [-0.1, -0.05) is 12.1 Å². The Kier molecular flexibility index (Phi) is 7.05. The molecule has 0 aromatic heterocycles. The first-order chi connectivity index (χ1) is 13.0. The molecule has 0 aliphatic carbocycles. The van der Waals surface area contributed by atoms with E-state index in [9.17, 15) is 9.59 Å². The lowest BCUT2D eigenvalue weighted by Gasteiger charge is -2.18. The minimum absolute atomic E-state index is 0.167. The van der Waals surface area contributed by atoms with Crippen LogP contribution in [0.2, 0.25) is 0 Å². The number of hydrogen-bond donors (Lipinski definition) is 3. The van der Waals surface area contributed by atoms with Crippen LogP contribution in [-0.2, 0) is 6.54 Å². The molecule has 0 radical (unpaired) electrons. The maximum atomic E-state index is 12.3. The van der Waals surface area contributed by atoms with E-state index < -0.39 is 0 Å². The fraction of sp³-hybridized carbons (Fsp3) is 0.300. The van der Waals surface area contributed by atoms with Crippen LogP contribution in [0, 0.1) is 0 Å². The summed E-state index contributed by atoms with van der Waals surface area (Å²) in [6.07, 6.45) is 0. The van der Waals surface area contributed by atoms with Crippen LogP contribution in [0.5, 0.6) is 11.5 Å². The van der Waals surface area contributed by atoms with Gasteiger partial charge < -0.3 is 25.4 Å². The van der Waals surface area contributed by atoms with Crippen molar-refractivity contribution in [2.45, 2.75) is 19.5 Å². The molecular formula is C20H25N3O4. The molecule has 7 nitrogen and oxygen atoms in total. The average molecular weight is 371 g/mol. The van der Waals surface area contributed by atoms with E-state index in [-0.39, 0.29) is 18.0 Å². The summed E-state index contributed by atoms with van der Waals surface area (Å²) in [5, 5.41) is 8.25. The molecule has 0 aliphatic rings. The largest absolute Gasteiger partial charge is 0.497 e. The Balaban J connectivity index is 1.99. The molecule has 0 bridgehead atoms. The molecule has 0 fully saturated rings. The Morgan fingerprint density at radius 1 is 1.07 bits per heavy atom. The minimum Gasteiger partial charge on any atom is -0.497 e. The normalized spacial score (nSPS) is 11.3. The first-order valence-electron chi connectivity index (χ1n) is 8.55. The predicted octanol–water partition coefficient (Wildman–Crippen LogP) is 2.62. The van der Waals surface area contributed by atoms with Crippen molar-refractivity contribution in [3.63, 3.8) is 0 Å². The molecule has 0 saturated heterocycles. The Morgan fingerprint density at radius 3 is 2.52 bits per heavy atom. The van der Waals surface area contributed by atoms with Gasteiger partial charge in [-0.05, 0) is 42.8 Å². The third-order valence-electron chi connectivity index (χ3n) is 4.12. The zero-order valence-corrected chi connectivity index (χ0v) is 16.0. The molecule has 1 atom stereocenters. The van der Waals surface area contributed by atoms with Gasteiger partial charge in [0.25, 0.3) is 5.91 Å². The van der Waals surface area contributed by atoms with Gasteiger partial charge in [-0.25, -0.2) is 4.79 Å². The zero-order chi connectivity index (χ0) is 19.8. The van der Waals surface area contributed by atoms with Crippen LogP contribution in [0.25, 0.3) is 0 Å². The summed E-state index contributed by atoms with van der Waals surface area (Å²) >= 11 is 0. The predicted molar refractivity (Wildman–Crippen MR) is 103 cm³/mol. The monoisotopic (exact) mass is 371 g/mol. The van der Waals surface area contributed by atoms with E-state index in [2.05, 4.69) is 16.0 Å². The molecule has 2 aromatic carbocycles. The van der Waals surface area contributed by atoms with Crippen LogP contribution >= 0.6 is 0 Å². The van der Waals surface area contributed by atoms with Crippen LogP contribution in [0.4, 0.5) is 4.79 Å². The van der Waals surface area contributed by atoms with E-state index in [0.29, 0.717) is 23.6 Å². The van der Waals surface area contributed by atoms with Crippen LogP contribution in [0.3, 0.4) is 0 Å². The SMILES string of the molecule is CNC(=O)c1cccc(CNC(=O)NC(C)c2cc(OC)ccc2OC)c1. The second-order valence-corrected chi connectivity index (χ2v) is 5.94. The highest BCUT2D eigenvalue weighted by atomic mass is 16.5. The zero-order valence-electron chi connectivity index (χ0n) is 16.0. The molecule has 0 saturated carbocycles. The first kappa shape index (κ1) is 20.1. The number of carbonyl (C=O) groups excluding carboxylic acids is 2. The van der Waals surface area contributed by atoms with Crippen molar-refractivity contribution in [2.24, 2.45) is 0 Å². The van der Waals surface area contributed by atoms with E-state index in [1.54, 1.807) is 51.6 Å². The Bertz CT molecular complexity index is 808. The number of benzene rings is 2. The highest BCUT2D eigenvalue weighted by Crippen LogP contribution is 2.29. The fourth-order valence-corrected chi connectivity index (χ4v) is 2.65. The quantitative estimate of drug-likeness (QED) is 0.698. The Hall–Kier alpha value is -3.22. The third-order valence-corrected chi connectivity index (χ3v) is 4.12. The number of nitrogens with one attached hydrogen (secondary N) is 3. The second-order valence-electron chi connectivity index (χ2n) is 5.94. The van der Waals surface area contributed by atoms with E-state index in [0.717, 1.165) is 11.1 Å². The van der Waals surface area contributed by atoms with Crippen molar-refractivity contribution >= 4 is 11.9 Å². The molecule has 2 rings (SSSR count). The van der Waals surface area contributed by atoms with Crippen molar-refractivity contribution in [1.82, 2.24) is 16.0 Å². The molecule has 3 amide bonds. The molecule has 1 unspecified atom stereocenters. The minimum atomic E-state index is -0.322. The van der Waals surface area contributed by atoms with Gasteiger partial charge in [0.05, 0.1) is 20.3 Å². The third kappa shape index (κ3) is 5.37. The molecule has 0 heterocycles. The summed E-state index contributed by atoms with van der Waals surface area (Å²) in [4.78, 5) is 23.9. The van der Waals surface area contributed by atoms with Crippen LogP contribution in [0.15, 0.2) is 42.5 Å². The maximum absolute atomic E-state index is 12.3. The van der Waals surface area contributed by atoms with Gasteiger partial charge in [0, 0.05) is 24.7 Å². The number of methoxy groups -OCH3 is 2. The molecule has 2 aromatic rings. The summed E-state index contributed by atoms with van der Waals surface area (Å²) in [6.45, 7) is 2.17. The van der Waals surface area contributed by atoms with Crippen molar-refractivity contribution in [2.75, 3.05) is 21.3 Å². The number of amides is 3. The topological polar surface area (TPSA) is 88.7 Å². The van der Waals surface area contributed by atoms with Gasteiger partial charge in [-0.3, -0.25) is 4.79 Å². The number of ether oxygens (including phenoxy) is 2. The number of urea groups is 1. The van der Waals surface area contributed by atoms with Gasteiger partial charge >= 0.3 is 6.03 Å². The van der Waals surface area contributed by atoms with Gasteiger partial charge in [0.2, 0.25) is 0 Å². The molecule has 27 heavy (non-hydrogen) atoms. The van der Waals surface area contributed by atoms with E-state index in [1.807, 2.05) is 19.1 Å². The van der Waals surface area contributed by atoms with E-state index in [1.165, 1.54) is 0 Å². The van der Waals surface area contributed by atoms with Crippen LogP contribution in [-0.4, -0.2) is 33.2 Å². The Morgan fingerprint density at radius 2 is 1.85 bits per heavy atom. The summed E-state index contributed by atoms with van der Waals surface area (Å²) in [5.74, 6) is 1.19. The number of carbonyl (C=O) groups is 2. The van der Waals surface area contributed by atoms with Crippen molar-refractivity contribution < 1.29 is 19.1 Å². The lowest BCUT2D eigenvalue weighted by atomic mass is 10.1. The summed E-state index contributed by atoms with van der Waals surface area (Å²) in [5.41, 5.74) is 2.19. The summed E-state index contributed by atoms with van der Waals surface area (Å²) in [6, 6.07) is 11.9. The van der Waals surface area contributed by atoms with Crippen molar-refractivity contribution in [3.05, 3.63) is 59.2 Å². The molecule has 7 heteroatoms. The smallest absolute Gasteiger partial charge is 0.315 e. The van der Waals surface area contributed by atoms with Crippen molar-refractivity contribution in [3.8, 4) is 11.5 Å².